The van der Waals surface area contributed by atoms with Gasteiger partial charge in [-0.1, -0.05) is 18.2 Å². The Morgan fingerprint density at radius 3 is 2.65 bits per heavy atom. The molecule has 6 nitrogen and oxygen atoms in total. The van der Waals surface area contributed by atoms with E-state index in [1.807, 2.05) is 6.07 Å². The second-order valence-electron chi connectivity index (χ2n) is 5.42. The molecule has 0 saturated carbocycles. The molecule has 7 heteroatoms. The number of amides is 1. The summed E-state index contributed by atoms with van der Waals surface area (Å²) in [5, 5.41) is 19.5. The molecule has 23 heavy (non-hydrogen) atoms. The molecule has 1 aromatic rings. The average Bonchev–Trinajstić information content (AvgIpc) is 2.92. The number of rotatable bonds is 3. The van der Waals surface area contributed by atoms with Gasteiger partial charge in [0.1, 0.15) is 5.75 Å². The van der Waals surface area contributed by atoms with E-state index in [1.165, 1.54) is 11.8 Å². The number of aliphatic imine (C=N–C) groups is 1. The number of β-amino-alcohol motifs (C(OH)–C–C–N with tert-alkyl or cyclic N) is 1. The Morgan fingerprint density at radius 2 is 1.96 bits per heavy atom. The van der Waals surface area contributed by atoms with Crippen molar-refractivity contribution in [1.82, 2.24) is 9.80 Å². The molecule has 122 valence electrons. The summed E-state index contributed by atoms with van der Waals surface area (Å²) in [6, 6.07) is 6.92. The molecule has 2 aliphatic rings. The molecule has 1 amide bonds. The molecule has 0 aromatic heterocycles. The van der Waals surface area contributed by atoms with Crippen LogP contribution in [-0.2, 0) is 4.79 Å². The van der Waals surface area contributed by atoms with Gasteiger partial charge in [-0.25, -0.2) is 0 Å². The maximum Gasteiger partial charge on any atom is 0.286 e. The first kappa shape index (κ1) is 16.0. The number of aromatic hydroxyl groups is 1. The second-order valence-corrected chi connectivity index (χ2v) is 6.43. The van der Waals surface area contributed by atoms with Crippen LogP contribution in [0.15, 0.2) is 34.2 Å². The first-order valence-electron chi connectivity index (χ1n) is 7.56. The van der Waals surface area contributed by atoms with Crippen LogP contribution in [0.4, 0.5) is 0 Å². The SMILES string of the molecule is O=C1N=C(N2CCN(CCO)CC2)S/C1=C\c1ccccc1O. The van der Waals surface area contributed by atoms with E-state index in [2.05, 4.69) is 14.8 Å². The Balaban J connectivity index is 1.66. The number of phenols is 1. The van der Waals surface area contributed by atoms with Crippen molar-refractivity contribution in [3.05, 3.63) is 34.7 Å². The van der Waals surface area contributed by atoms with Crippen molar-refractivity contribution in [3.63, 3.8) is 0 Å². The molecule has 1 fully saturated rings. The lowest BCUT2D eigenvalue weighted by molar-refractivity contribution is -0.113. The highest BCUT2D eigenvalue weighted by atomic mass is 32.2. The largest absolute Gasteiger partial charge is 0.507 e. The summed E-state index contributed by atoms with van der Waals surface area (Å²) in [6.07, 6.45) is 1.68. The number of phenolic OH excluding ortho intramolecular Hbond substituents is 1. The van der Waals surface area contributed by atoms with E-state index in [9.17, 15) is 9.90 Å². The fourth-order valence-electron chi connectivity index (χ4n) is 2.59. The van der Waals surface area contributed by atoms with Crippen molar-refractivity contribution in [2.24, 2.45) is 4.99 Å². The highest BCUT2D eigenvalue weighted by Crippen LogP contribution is 2.32. The van der Waals surface area contributed by atoms with Crippen molar-refractivity contribution < 1.29 is 15.0 Å². The van der Waals surface area contributed by atoms with E-state index in [-0.39, 0.29) is 18.3 Å². The van der Waals surface area contributed by atoms with Crippen LogP contribution in [0.2, 0.25) is 0 Å². The van der Waals surface area contributed by atoms with E-state index in [4.69, 9.17) is 5.11 Å². The van der Waals surface area contributed by atoms with Gasteiger partial charge < -0.3 is 15.1 Å². The zero-order valence-electron chi connectivity index (χ0n) is 12.7. The Hall–Kier alpha value is -1.83. The molecule has 0 bridgehead atoms. The summed E-state index contributed by atoms with van der Waals surface area (Å²) >= 11 is 1.35. The normalized spacial score (nSPS) is 21.1. The molecule has 0 radical (unpaired) electrons. The Labute approximate surface area is 139 Å². The van der Waals surface area contributed by atoms with Crippen LogP contribution >= 0.6 is 11.8 Å². The second kappa shape index (κ2) is 7.16. The number of amidine groups is 1. The molecule has 0 aliphatic carbocycles. The number of aliphatic hydroxyl groups is 1. The number of para-hydroxylation sites is 1. The third-order valence-electron chi connectivity index (χ3n) is 3.89. The van der Waals surface area contributed by atoms with Crippen LogP contribution in [0.5, 0.6) is 5.75 Å². The molecule has 2 N–H and O–H groups in total. The summed E-state index contributed by atoms with van der Waals surface area (Å²) < 4.78 is 0. The van der Waals surface area contributed by atoms with Gasteiger partial charge in [-0.3, -0.25) is 9.69 Å². The molecule has 0 unspecified atom stereocenters. The van der Waals surface area contributed by atoms with Gasteiger partial charge in [0.25, 0.3) is 5.91 Å². The molecule has 3 rings (SSSR count). The van der Waals surface area contributed by atoms with Crippen molar-refractivity contribution in [2.45, 2.75) is 0 Å². The average molecular weight is 333 g/mol. The summed E-state index contributed by atoms with van der Waals surface area (Å²) in [4.78, 5) is 21.0. The predicted molar refractivity (Wildman–Crippen MR) is 91.2 cm³/mol. The number of carbonyl (C=O) groups excluding carboxylic acids is 1. The number of thioether (sulfide) groups is 1. The first-order valence-corrected chi connectivity index (χ1v) is 8.38. The van der Waals surface area contributed by atoms with Crippen LogP contribution in [-0.4, -0.2) is 70.4 Å². The van der Waals surface area contributed by atoms with E-state index in [0.717, 1.165) is 31.3 Å². The van der Waals surface area contributed by atoms with Gasteiger partial charge in [-0.2, -0.15) is 4.99 Å². The van der Waals surface area contributed by atoms with Gasteiger partial charge in [-0.15, -0.1) is 0 Å². The number of piperazine rings is 1. The first-order chi connectivity index (χ1) is 11.2. The third kappa shape index (κ3) is 3.74. The smallest absolute Gasteiger partial charge is 0.286 e. The fourth-order valence-corrected chi connectivity index (χ4v) is 3.54. The summed E-state index contributed by atoms with van der Waals surface area (Å²) in [7, 11) is 0. The third-order valence-corrected chi connectivity index (χ3v) is 4.94. The molecule has 2 heterocycles. The van der Waals surface area contributed by atoms with E-state index in [1.54, 1.807) is 24.3 Å². The van der Waals surface area contributed by atoms with Crippen molar-refractivity contribution in [2.75, 3.05) is 39.3 Å². The van der Waals surface area contributed by atoms with Gasteiger partial charge in [0.15, 0.2) is 5.17 Å². The minimum absolute atomic E-state index is 0.152. The fraction of sp³-hybridized carbons (Fsp3) is 0.375. The van der Waals surface area contributed by atoms with Gasteiger partial charge in [0.05, 0.1) is 11.5 Å². The molecule has 1 aromatic carbocycles. The standard InChI is InChI=1S/C16H19N3O3S/c20-10-9-18-5-7-19(8-6-18)16-17-15(22)14(23-16)11-12-3-1-2-4-13(12)21/h1-4,11,20-21H,5-10H2/b14-11-. The zero-order chi connectivity index (χ0) is 16.2. The van der Waals surface area contributed by atoms with Crippen LogP contribution in [0.3, 0.4) is 0 Å². The summed E-state index contributed by atoms with van der Waals surface area (Å²) in [5.74, 6) is -0.106. The molecule has 0 spiro atoms. The highest BCUT2D eigenvalue weighted by Gasteiger charge is 2.28. The maximum atomic E-state index is 12.1. The Kier molecular flexibility index (Phi) is 5.00. The van der Waals surface area contributed by atoms with Crippen LogP contribution in [0, 0.1) is 0 Å². The number of aliphatic hydroxyl groups excluding tert-OH is 1. The van der Waals surface area contributed by atoms with Crippen LogP contribution in [0.1, 0.15) is 5.56 Å². The maximum absolute atomic E-state index is 12.1. The number of hydrogen-bond acceptors (Lipinski definition) is 6. The predicted octanol–water partition coefficient (Wildman–Crippen LogP) is 0.972. The molecule has 0 atom stereocenters. The van der Waals surface area contributed by atoms with Gasteiger partial charge in [-0.05, 0) is 23.9 Å². The molecule has 1 saturated heterocycles. The minimum atomic E-state index is -0.258. The monoisotopic (exact) mass is 333 g/mol. The Morgan fingerprint density at radius 1 is 1.22 bits per heavy atom. The minimum Gasteiger partial charge on any atom is -0.507 e. The molecular formula is C16H19N3O3S. The van der Waals surface area contributed by atoms with E-state index < -0.39 is 0 Å². The topological polar surface area (TPSA) is 76.4 Å². The lowest BCUT2D eigenvalue weighted by atomic mass is 10.2. The van der Waals surface area contributed by atoms with E-state index in [0.29, 0.717) is 17.0 Å². The van der Waals surface area contributed by atoms with Crippen molar-refractivity contribution in [1.29, 1.82) is 0 Å². The lowest BCUT2D eigenvalue weighted by Gasteiger charge is -2.34. The molecular weight excluding hydrogens is 314 g/mol. The van der Waals surface area contributed by atoms with Crippen molar-refractivity contribution in [3.8, 4) is 5.75 Å². The highest BCUT2D eigenvalue weighted by molar-refractivity contribution is 8.18. The number of benzene rings is 1. The van der Waals surface area contributed by atoms with Gasteiger partial charge in [0, 0.05) is 38.3 Å². The quantitative estimate of drug-likeness (QED) is 0.803. The van der Waals surface area contributed by atoms with Gasteiger partial charge >= 0.3 is 0 Å². The zero-order valence-corrected chi connectivity index (χ0v) is 13.5. The van der Waals surface area contributed by atoms with Crippen LogP contribution < -0.4 is 0 Å². The summed E-state index contributed by atoms with van der Waals surface area (Å²) in [5.41, 5.74) is 0.618. The molecule has 2 aliphatic heterocycles. The van der Waals surface area contributed by atoms with E-state index >= 15 is 0 Å². The Bertz CT molecular complexity index is 652. The van der Waals surface area contributed by atoms with Crippen LogP contribution in [0.25, 0.3) is 6.08 Å². The van der Waals surface area contributed by atoms with Gasteiger partial charge in [0.2, 0.25) is 0 Å². The lowest BCUT2D eigenvalue weighted by Crippen LogP contribution is -2.48. The number of nitrogens with zero attached hydrogens (tertiary/aromatic N) is 3. The number of hydrogen-bond donors (Lipinski definition) is 2. The summed E-state index contributed by atoms with van der Waals surface area (Å²) in [6.45, 7) is 4.15. The number of carbonyl (C=O) groups is 1. The van der Waals surface area contributed by atoms with Crippen molar-refractivity contribution >= 4 is 28.9 Å².